The zero-order valence-corrected chi connectivity index (χ0v) is 12.9. The monoisotopic (exact) mass is 301 g/mol. The number of aryl methyl sites for hydroxylation is 2. The van der Waals surface area contributed by atoms with Crippen LogP contribution in [0.2, 0.25) is 0 Å². The molecule has 0 saturated heterocycles. The van der Waals surface area contributed by atoms with Crippen molar-refractivity contribution in [3.8, 4) is 6.07 Å². The maximum Gasteiger partial charge on any atom is 0.130 e. The Balaban J connectivity index is 1.60. The summed E-state index contributed by atoms with van der Waals surface area (Å²) >= 11 is 1.49. The van der Waals surface area contributed by atoms with Crippen molar-refractivity contribution in [3.05, 3.63) is 27.9 Å². The summed E-state index contributed by atoms with van der Waals surface area (Å²) < 4.78 is 0. The minimum Gasteiger partial charge on any atom is -0.397 e. The Labute approximate surface area is 128 Å². The summed E-state index contributed by atoms with van der Waals surface area (Å²) in [5.41, 5.74) is 10.4. The number of nitriles is 1. The number of aromatic nitrogens is 2. The molecule has 0 atom stereocenters. The molecular formula is C15H19N5S. The first-order valence-corrected chi connectivity index (χ1v) is 8.07. The van der Waals surface area contributed by atoms with Gasteiger partial charge in [0.15, 0.2) is 0 Å². The van der Waals surface area contributed by atoms with E-state index in [1.165, 1.54) is 35.3 Å². The van der Waals surface area contributed by atoms with E-state index in [0.717, 1.165) is 30.1 Å². The zero-order chi connectivity index (χ0) is 14.8. The third kappa shape index (κ3) is 2.88. The first-order valence-electron chi connectivity index (χ1n) is 7.25. The predicted octanol–water partition coefficient (Wildman–Crippen LogP) is 3.16. The van der Waals surface area contributed by atoms with Crippen LogP contribution in [0.1, 0.15) is 46.9 Å². The van der Waals surface area contributed by atoms with Crippen LogP contribution in [0.5, 0.6) is 0 Å². The van der Waals surface area contributed by atoms with Crippen LogP contribution < -0.4 is 11.1 Å². The minimum atomic E-state index is 0.557. The molecule has 6 heteroatoms. The molecule has 3 rings (SSSR count). The van der Waals surface area contributed by atoms with Gasteiger partial charge in [0.25, 0.3) is 0 Å². The molecule has 4 N–H and O–H groups in total. The van der Waals surface area contributed by atoms with Crippen molar-refractivity contribution in [2.75, 3.05) is 17.6 Å². The van der Waals surface area contributed by atoms with Crippen molar-refractivity contribution in [2.45, 2.75) is 38.5 Å². The summed E-state index contributed by atoms with van der Waals surface area (Å²) in [6.45, 7) is 2.93. The molecule has 2 heterocycles. The number of aromatic amines is 1. The highest BCUT2D eigenvalue weighted by Gasteiger charge is 2.31. The molecule has 0 spiro atoms. The number of hydrogen-bond donors (Lipinski definition) is 3. The Morgan fingerprint density at radius 3 is 3.00 bits per heavy atom. The summed E-state index contributed by atoms with van der Waals surface area (Å²) in [5, 5.41) is 20.7. The van der Waals surface area contributed by atoms with E-state index in [0.29, 0.717) is 16.5 Å². The van der Waals surface area contributed by atoms with Gasteiger partial charge in [-0.2, -0.15) is 10.4 Å². The molecule has 110 valence electrons. The summed E-state index contributed by atoms with van der Waals surface area (Å²) in [7, 11) is 0. The van der Waals surface area contributed by atoms with Gasteiger partial charge in [-0.05, 0) is 44.1 Å². The Bertz CT molecular complexity index is 675. The second kappa shape index (κ2) is 5.78. The van der Waals surface area contributed by atoms with Crippen LogP contribution in [-0.4, -0.2) is 16.7 Å². The van der Waals surface area contributed by atoms with Crippen LogP contribution in [0.4, 0.5) is 10.7 Å². The normalized spacial score (nSPS) is 14.1. The van der Waals surface area contributed by atoms with Crippen molar-refractivity contribution in [3.63, 3.8) is 0 Å². The number of nitrogens with two attached hydrogens (primary N) is 1. The summed E-state index contributed by atoms with van der Waals surface area (Å²) in [6, 6.07) is 2.20. The zero-order valence-electron chi connectivity index (χ0n) is 12.1. The summed E-state index contributed by atoms with van der Waals surface area (Å²) in [4.78, 5) is 0.644. The van der Waals surface area contributed by atoms with Gasteiger partial charge in [-0.3, -0.25) is 5.10 Å². The highest BCUT2D eigenvalue weighted by atomic mass is 32.1. The van der Waals surface area contributed by atoms with E-state index < -0.39 is 0 Å². The van der Waals surface area contributed by atoms with E-state index in [4.69, 9.17) is 11.0 Å². The van der Waals surface area contributed by atoms with Gasteiger partial charge in [-0.1, -0.05) is 0 Å². The maximum atomic E-state index is 9.13. The molecular weight excluding hydrogens is 282 g/mol. The molecule has 1 saturated carbocycles. The van der Waals surface area contributed by atoms with Gasteiger partial charge in [0.2, 0.25) is 0 Å². The molecule has 1 fully saturated rings. The number of rotatable bonds is 6. The van der Waals surface area contributed by atoms with Crippen molar-refractivity contribution in [1.82, 2.24) is 10.2 Å². The molecule has 0 bridgehead atoms. The van der Waals surface area contributed by atoms with Crippen LogP contribution in [-0.2, 0) is 6.42 Å². The highest BCUT2D eigenvalue weighted by molar-refractivity contribution is 7.17. The largest absolute Gasteiger partial charge is 0.397 e. The van der Waals surface area contributed by atoms with Crippen molar-refractivity contribution in [2.24, 2.45) is 0 Å². The maximum absolute atomic E-state index is 9.13. The summed E-state index contributed by atoms with van der Waals surface area (Å²) in [6.07, 6.45) is 6.30. The molecule has 2 aromatic rings. The van der Waals surface area contributed by atoms with Gasteiger partial charge in [0.1, 0.15) is 10.9 Å². The number of nitrogen functional groups attached to an aromatic ring is 1. The van der Waals surface area contributed by atoms with Crippen LogP contribution >= 0.6 is 11.3 Å². The van der Waals surface area contributed by atoms with Gasteiger partial charge < -0.3 is 11.1 Å². The lowest BCUT2D eigenvalue weighted by Crippen LogP contribution is -2.04. The van der Waals surface area contributed by atoms with Gasteiger partial charge in [0, 0.05) is 17.8 Å². The molecule has 0 aliphatic heterocycles. The van der Waals surface area contributed by atoms with Crippen LogP contribution in [0.25, 0.3) is 0 Å². The summed E-state index contributed by atoms with van der Waals surface area (Å²) in [5.74, 6) is 0.557. The Kier molecular flexibility index (Phi) is 3.84. The number of hydrogen-bond acceptors (Lipinski definition) is 5. The van der Waals surface area contributed by atoms with Gasteiger partial charge in [-0.15, -0.1) is 11.3 Å². The lowest BCUT2D eigenvalue weighted by Gasteiger charge is -2.07. The number of thiophene rings is 1. The van der Waals surface area contributed by atoms with E-state index in [1.54, 1.807) is 0 Å². The minimum absolute atomic E-state index is 0.557. The van der Waals surface area contributed by atoms with Gasteiger partial charge >= 0.3 is 0 Å². The smallest absolute Gasteiger partial charge is 0.130 e. The SMILES string of the molecule is Cc1[nH]ncc1CCCNc1sc(C#N)c(N)c1C1CC1. The number of anilines is 2. The van der Waals surface area contributed by atoms with Crippen LogP contribution in [0, 0.1) is 18.3 Å². The second-order valence-electron chi connectivity index (χ2n) is 5.52. The molecule has 0 aromatic carbocycles. The van der Waals surface area contributed by atoms with E-state index in [2.05, 4.69) is 21.6 Å². The fourth-order valence-corrected chi connectivity index (χ4v) is 3.59. The molecule has 21 heavy (non-hydrogen) atoms. The Morgan fingerprint density at radius 2 is 2.38 bits per heavy atom. The van der Waals surface area contributed by atoms with Crippen molar-refractivity contribution < 1.29 is 0 Å². The van der Waals surface area contributed by atoms with E-state index >= 15 is 0 Å². The molecule has 0 amide bonds. The first kappa shape index (κ1) is 14.0. The molecule has 2 aromatic heterocycles. The number of nitrogens with zero attached hydrogens (tertiary/aromatic N) is 2. The molecule has 0 unspecified atom stereocenters. The lowest BCUT2D eigenvalue weighted by molar-refractivity contribution is 0.857. The van der Waals surface area contributed by atoms with E-state index in [-0.39, 0.29) is 0 Å². The standard InChI is InChI=1S/C15H19N5S/c1-9-11(8-19-20-9)3-2-6-18-15-13(10-4-5-10)14(17)12(7-16)21-15/h8,10,18H,2-6,17H2,1H3,(H,19,20). The van der Waals surface area contributed by atoms with Crippen molar-refractivity contribution >= 4 is 22.0 Å². The molecule has 1 aliphatic rings. The third-order valence-electron chi connectivity index (χ3n) is 3.91. The number of H-pyrrole nitrogens is 1. The van der Waals surface area contributed by atoms with Crippen molar-refractivity contribution in [1.29, 1.82) is 5.26 Å². The average Bonchev–Trinajstić information content (AvgIpc) is 3.15. The molecule has 1 aliphatic carbocycles. The third-order valence-corrected chi connectivity index (χ3v) is 5.00. The van der Waals surface area contributed by atoms with Crippen LogP contribution in [0.15, 0.2) is 6.20 Å². The fourth-order valence-electron chi connectivity index (χ4n) is 2.56. The van der Waals surface area contributed by atoms with E-state index in [9.17, 15) is 0 Å². The second-order valence-corrected chi connectivity index (χ2v) is 6.54. The quantitative estimate of drug-likeness (QED) is 0.715. The van der Waals surface area contributed by atoms with Gasteiger partial charge in [0.05, 0.1) is 16.9 Å². The average molecular weight is 301 g/mol. The molecule has 5 nitrogen and oxygen atoms in total. The number of nitrogens with one attached hydrogen (secondary N) is 2. The lowest BCUT2D eigenvalue weighted by atomic mass is 10.1. The Morgan fingerprint density at radius 1 is 1.57 bits per heavy atom. The van der Waals surface area contributed by atoms with Crippen LogP contribution in [0.3, 0.4) is 0 Å². The first-order chi connectivity index (χ1) is 10.2. The highest BCUT2D eigenvalue weighted by Crippen LogP contribution is 2.50. The van der Waals surface area contributed by atoms with Gasteiger partial charge in [-0.25, -0.2) is 0 Å². The molecule has 0 radical (unpaired) electrons. The topological polar surface area (TPSA) is 90.5 Å². The fraction of sp³-hybridized carbons (Fsp3) is 0.467. The van der Waals surface area contributed by atoms with E-state index in [1.807, 2.05) is 13.1 Å². The Hall–Kier alpha value is -2.00. The predicted molar refractivity (Wildman–Crippen MR) is 85.6 cm³/mol.